The summed E-state index contributed by atoms with van der Waals surface area (Å²) in [5.41, 5.74) is 0.945. The van der Waals surface area contributed by atoms with E-state index in [2.05, 4.69) is 6.08 Å². The molecule has 1 aliphatic carbocycles. The van der Waals surface area contributed by atoms with Gasteiger partial charge in [-0.25, -0.2) is 0 Å². The standard InChI is InChI=1S/C13H14O4/c1-15-10-6-9-11(13(16-2)12(10)14)7-4-3-5-8(7)17-9/h3,5-8,14H,4H2,1-2H3/t7-,8+/m1/s1. The van der Waals surface area contributed by atoms with Crippen LogP contribution < -0.4 is 14.2 Å². The molecule has 4 nitrogen and oxygen atoms in total. The summed E-state index contributed by atoms with van der Waals surface area (Å²) in [6.07, 6.45) is 5.12. The van der Waals surface area contributed by atoms with E-state index in [-0.39, 0.29) is 17.8 Å². The molecule has 2 atom stereocenters. The smallest absolute Gasteiger partial charge is 0.201 e. The number of benzene rings is 1. The van der Waals surface area contributed by atoms with Crippen molar-refractivity contribution in [2.75, 3.05) is 14.2 Å². The van der Waals surface area contributed by atoms with Crippen LogP contribution in [0.5, 0.6) is 23.0 Å². The minimum atomic E-state index is 0.0462. The number of phenolic OH excluding ortho intramolecular Hbond substituents is 1. The van der Waals surface area contributed by atoms with Crippen LogP contribution in [0.2, 0.25) is 0 Å². The van der Waals surface area contributed by atoms with Gasteiger partial charge in [0.05, 0.1) is 14.2 Å². The summed E-state index contributed by atoms with van der Waals surface area (Å²) in [6.45, 7) is 0. The number of phenols is 1. The van der Waals surface area contributed by atoms with Gasteiger partial charge in [-0.15, -0.1) is 0 Å². The fourth-order valence-corrected chi connectivity index (χ4v) is 2.61. The first-order chi connectivity index (χ1) is 8.26. The predicted molar refractivity (Wildman–Crippen MR) is 62.1 cm³/mol. The van der Waals surface area contributed by atoms with E-state index in [1.54, 1.807) is 13.2 Å². The Labute approximate surface area is 99.4 Å². The van der Waals surface area contributed by atoms with Crippen LogP contribution in [0, 0.1) is 0 Å². The molecule has 0 unspecified atom stereocenters. The summed E-state index contributed by atoms with van der Waals surface area (Å²) in [5, 5.41) is 10.0. The van der Waals surface area contributed by atoms with Gasteiger partial charge in [0.15, 0.2) is 11.5 Å². The maximum absolute atomic E-state index is 10.0. The second-order valence-corrected chi connectivity index (χ2v) is 4.23. The lowest BCUT2D eigenvalue weighted by Crippen LogP contribution is -2.10. The van der Waals surface area contributed by atoms with Crippen LogP contribution in [0.1, 0.15) is 17.9 Å². The lowest BCUT2D eigenvalue weighted by atomic mass is 9.95. The number of fused-ring (bicyclic) bond motifs is 3. The van der Waals surface area contributed by atoms with E-state index < -0.39 is 0 Å². The summed E-state index contributed by atoms with van der Waals surface area (Å²) in [6, 6.07) is 1.72. The summed E-state index contributed by atoms with van der Waals surface area (Å²) < 4.78 is 16.2. The van der Waals surface area contributed by atoms with Crippen molar-refractivity contribution in [1.82, 2.24) is 0 Å². The molecule has 0 saturated carbocycles. The summed E-state index contributed by atoms with van der Waals surface area (Å²) in [5.74, 6) is 1.89. The van der Waals surface area contributed by atoms with Crippen LogP contribution in [0.15, 0.2) is 18.2 Å². The van der Waals surface area contributed by atoms with Gasteiger partial charge in [-0.05, 0) is 12.5 Å². The lowest BCUT2D eigenvalue weighted by Gasteiger charge is -2.14. The van der Waals surface area contributed by atoms with Crippen molar-refractivity contribution in [3.63, 3.8) is 0 Å². The molecule has 2 aliphatic rings. The molecule has 0 bridgehead atoms. The molecule has 0 aromatic heterocycles. The van der Waals surface area contributed by atoms with Crippen LogP contribution in [0.25, 0.3) is 0 Å². The highest BCUT2D eigenvalue weighted by Crippen LogP contribution is 2.54. The van der Waals surface area contributed by atoms with Gasteiger partial charge in [0.25, 0.3) is 0 Å². The zero-order valence-corrected chi connectivity index (χ0v) is 9.77. The second kappa shape index (κ2) is 3.58. The third kappa shape index (κ3) is 1.30. The number of hydrogen-bond donors (Lipinski definition) is 1. The van der Waals surface area contributed by atoms with Gasteiger partial charge in [-0.1, -0.05) is 6.08 Å². The molecule has 0 radical (unpaired) electrons. The molecule has 0 saturated heterocycles. The molecular formula is C13H14O4. The van der Waals surface area contributed by atoms with Crippen molar-refractivity contribution in [3.05, 3.63) is 23.8 Å². The van der Waals surface area contributed by atoms with Gasteiger partial charge >= 0.3 is 0 Å². The van der Waals surface area contributed by atoms with Gasteiger partial charge in [0.2, 0.25) is 5.75 Å². The minimum absolute atomic E-state index is 0.0462. The molecule has 1 aliphatic heterocycles. The van der Waals surface area contributed by atoms with Gasteiger partial charge in [-0.2, -0.15) is 0 Å². The number of ether oxygens (including phenoxy) is 3. The normalized spacial score (nSPS) is 24.1. The van der Waals surface area contributed by atoms with E-state index in [0.29, 0.717) is 11.5 Å². The molecule has 1 aromatic rings. The fraction of sp³-hybridized carbons (Fsp3) is 0.385. The third-order valence-corrected chi connectivity index (χ3v) is 3.39. The average molecular weight is 234 g/mol. The highest BCUT2D eigenvalue weighted by atomic mass is 16.5. The Balaban J connectivity index is 2.18. The summed E-state index contributed by atoms with van der Waals surface area (Å²) in [4.78, 5) is 0. The number of hydrogen-bond acceptors (Lipinski definition) is 4. The van der Waals surface area contributed by atoms with Crippen molar-refractivity contribution in [2.45, 2.75) is 18.4 Å². The highest BCUT2D eigenvalue weighted by molar-refractivity contribution is 5.64. The monoisotopic (exact) mass is 234 g/mol. The van der Waals surface area contributed by atoms with Gasteiger partial charge in [0.1, 0.15) is 11.9 Å². The first-order valence-corrected chi connectivity index (χ1v) is 5.57. The fourth-order valence-electron chi connectivity index (χ4n) is 2.61. The predicted octanol–water partition coefficient (Wildman–Crippen LogP) is 2.21. The molecule has 0 amide bonds. The maximum Gasteiger partial charge on any atom is 0.201 e. The molecule has 4 heteroatoms. The quantitative estimate of drug-likeness (QED) is 0.797. The van der Waals surface area contributed by atoms with Crippen LogP contribution in [0.3, 0.4) is 0 Å². The van der Waals surface area contributed by atoms with Crippen molar-refractivity contribution in [3.8, 4) is 23.0 Å². The Kier molecular flexibility index (Phi) is 2.18. The van der Waals surface area contributed by atoms with E-state index in [9.17, 15) is 5.11 Å². The van der Waals surface area contributed by atoms with E-state index in [1.807, 2.05) is 6.08 Å². The first kappa shape index (κ1) is 10.3. The minimum Gasteiger partial charge on any atom is -0.502 e. The molecule has 1 N–H and O–H groups in total. The first-order valence-electron chi connectivity index (χ1n) is 5.57. The Morgan fingerprint density at radius 2 is 2.18 bits per heavy atom. The SMILES string of the molecule is COc1cc2c(c(OC)c1O)[C@@H]1CC=C[C@@H]1O2. The van der Waals surface area contributed by atoms with Crippen LogP contribution in [-0.4, -0.2) is 25.4 Å². The summed E-state index contributed by atoms with van der Waals surface area (Å²) >= 11 is 0. The van der Waals surface area contributed by atoms with Crippen LogP contribution in [0.4, 0.5) is 0 Å². The van der Waals surface area contributed by atoms with E-state index in [0.717, 1.165) is 17.7 Å². The van der Waals surface area contributed by atoms with Crippen molar-refractivity contribution < 1.29 is 19.3 Å². The number of rotatable bonds is 2. The Bertz CT molecular complexity index is 493. The van der Waals surface area contributed by atoms with Gasteiger partial charge in [0, 0.05) is 17.5 Å². The Morgan fingerprint density at radius 3 is 2.88 bits per heavy atom. The number of allylic oxidation sites excluding steroid dienone is 1. The Hall–Kier alpha value is -1.84. The van der Waals surface area contributed by atoms with E-state index >= 15 is 0 Å². The third-order valence-electron chi connectivity index (χ3n) is 3.39. The zero-order valence-electron chi connectivity index (χ0n) is 9.77. The second-order valence-electron chi connectivity index (χ2n) is 4.23. The van der Waals surface area contributed by atoms with Crippen LogP contribution >= 0.6 is 0 Å². The molecule has 17 heavy (non-hydrogen) atoms. The van der Waals surface area contributed by atoms with E-state index in [4.69, 9.17) is 14.2 Å². The molecule has 90 valence electrons. The van der Waals surface area contributed by atoms with E-state index in [1.165, 1.54) is 7.11 Å². The molecular weight excluding hydrogens is 220 g/mol. The molecule has 0 spiro atoms. The van der Waals surface area contributed by atoms with Crippen LogP contribution in [-0.2, 0) is 0 Å². The average Bonchev–Trinajstić information content (AvgIpc) is 2.89. The largest absolute Gasteiger partial charge is 0.502 e. The molecule has 1 aromatic carbocycles. The molecule has 3 rings (SSSR count). The summed E-state index contributed by atoms with van der Waals surface area (Å²) in [7, 11) is 3.06. The molecule has 1 heterocycles. The van der Waals surface area contributed by atoms with Crippen molar-refractivity contribution in [1.29, 1.82) is 0 Å². The number of methoxy groups -OCH3 is 2. The van der Waals surface area contributed by atoms with Gasteiger partial charge in [-0.3, -0.25) is 0 Å². The zero-order chi connectivity index (χ0) is 12.0. The maximum atomic E-state index is 10.0. The van der Waals surface area contributed by atoms with Crippen molar-refractivity contribution >= 4 is 0 Å². The topological polar surface area (TPSA) is 47.9 Å². The van der Waals surface area contributed by atoms with Crippen molar-refractivity contribution in [2.24, 2.45) is 0 Å². The molecule has 0 fully saturated rings. The lowest BCUT2D eigenvalue weighted by molar-refractivity contribution is 0.264. The van der Waals surface area contributed by atoms with Gasteiger partial charge < -0.3 is 19.3 Å². The number of aromatic hydroxyl groups is 1. The Morgan fingerprint density at radius 1 is 1.35 bits per heavy atom. The highest BCUT2D eigenvalue weighted by Gasteiger charge is 2.39.